The lowest BCUT2D eigenvalue weighted by Crippen LogP contribution is -2.17. The molecule has 2 heteroatoms. The van der Waals surface area contributed by atoms with Crippen LogP contribution in [0.15, 0.2) is 144 Å². The van der Waals surface area contributed by atoms with E-state index < -0.39 is 0 Å². The lowest BCUT2D eigenvalue weighted by molar-refractivity contribution is 0.660. The van der Waals surface area contributed by atoms with E-state index in [4.69, 9.17) is 4.42 Å². The maximum atomic E-state index is 6.58. The van der Waals surface area contributed by atoms with Gasteiger partial charge in [0.1, 0.15) is 11.2 Å². The van der Waals surface area contributed by atoms with Gasteiger partial charge < -0.3 is 9.32 Å². The minimum Gasteiger partial charge on any atom is -0.456 e. The first-order valence-electron chi connectivity index (χ1n) is 17.7. The van der Waals surface area contributed by atoms with Crippen LogP contribution in [0.4, 0.5) is 17.1 Å². The molecule has 0 radical (unpaired) electrons. The van der Waals surface area contributed by atoms with Crippen LogP contribution in [0.1, 0.15) is 49.9 Å². The average Bonchev–Trinajstić information content (AvgIpc) is 3.72. The van der Waals surface area contributed by atoms with Gasteiger partial charge in [-0.25, -0.2) is 0 Å². The Morgan fingerprint density at radius 3 is 1.86 bits per heavy atom. The van der Waals surface area contributed by atoms with Crippen molar-refractivity contribution in [2.24, 2.45) is 0 Å². The van der Waals surface area contributed by atoms with Crippen LogP contribution in [0.5, 0.6) is 0 Å². The zero-order valence-electron chi connectivity index (χ0n) is 28.6. The summed E-state index contributed by atoms with van der Waals surface area (Å²) in [4.78, 5) is 2.55. The molecule has 1 heterocycles. The van der Waals surface area contributed by atoms with E-state index in [0.29, 0.717) is 0 Å². The highest BCUT2D eigenvalue weighted by Gasteiger charge is 2.39. The van der Waals surface area contributed by atoms with Gasteiger partial charge in [-0.3, -0.25) is 0 Å². The van der Waals surface area contributed by atoms with Crippen molar-refractivity contribution >= 4 is 60.5 Å². The number of fused-ring (bicyclic) bond motifs is 9. The van der Waals surface area contributed by atoms with Crippen LogP contribution in [0.3, 0.4) is 0 Å². The Hall–Kier alpha value is -5.86. The number of hydrogen-bond donors (Lipinski definition) is 0. The van der Waals surface area contributed by atoms with Gasteiger partial charge in [0.05, 0.1) is 11.4 Å². The molecule has 8 aromatic carbocycles. The molecule has 0 fully saturated rings. The monoisotopic (exact) mass is 641 g/mol. The number of rotatable bonds is 3. The normalized spacial score (nSPS) is 15.1. The third kappa shape index (κ3) is 3.39. The first kappa shape index (κ1) is 28.0. The molecule has 9 aromatic rings. The molecule has 1 aromatic heterocycles. The molecule has 0 saturated carbocycles. The van der Waals surface area contributed by atoms with Crippen LogP contribution in [0, 0.1) is 0 Å². The smallest absolute Gasteiger partial charge is 0.136 e. The topological polar surface area (TPSA) is 16.4 Å². The SMILES string of the molecule is CC1(C)c2ccccc2-c2ccc(N(c3cccc4c3-c3ccccc3C4(C)C)c3ccc4oc5cccc6c7ccccc7c3c4c56)cc21. The van der Waals surface area contributed by atoms with Gasteiger partial charge in [-0.1, -0.05) is 131 Å². The molecular weight excluding hydrogens is 607 g/mol. The second-order valence-corrected chi connectivity index (χ2v) is 15.3. The number of hydrogen-bond acceptors (Lipinski definition) is 2. The van der Waals surface area contributed by atoms with Gasteiger partial charge in [-0.05, 0) is 91.5 Å². The van der Waals surface area contributed by atoms with Gasteiger partial charge in [-0.2, -0.15) is 0 Å². The first-order chi connectivity index (χ1) is 24.3. The Morgan fingerprint density at radius 2 is 1.02 bits per heavy atom. The van der Waals surface area contributed by atoms with E-state index >= 15 is 0 Å². The maximum absolute atomic E-state index is 6.58. The summed E-state index contributed by atoms with van der Waals surface area (Å²) < 4.78 is 6.58. The zero-order chi connectivity index (χ0) is 33.5. The Balaban J connectivity index is 1.29. The third-order valence-electron chi connectivity index (χ3n) is 12.0. The molecule has 50 heavy (non-hydrogen) atoms. The highest BCUT2D eigenvalue weighted by Crippen LogP contribution is 2.57. The lowest BCUT2D eigenvalue weighted by atomic mass is 9.82. The average molecular weight is 642 g/mol. The fraction of sp³-hybridized carbons (Fsp3) is 0.125. The number of furan rings is 1. The molecule has 0 N–H and O–H groups in total. The highest BCUT2D eigenvalue weighted by molar-refractivity contribution is 6.35. The summed E-state index contributed by atoms with van der Waals surface area (Å²) in [6.07, 6.45) is 0. The van der Waals surface area contributed by atoms with Crippen molar-refractivity contribution in [2.75, 3.05) is 4.90 Å². The first-order valence-corrected chi connectivity index (χ1v) is 17.7. The second kappa shape index (κ2) is 9.43. The molecule has 2 aliphatic carbocycles. The Bertz CT molecular complexity index is 2880. The van der Waals surface area contributed by atoms with Crippen LogP contribution in [0.25, 0.3) is 65.7 Å². The van der Waals surface area contributed by atoms with E-state index in [1.165, 1.54) is 82.5 Å². The summed E-state index contributed by atoms with van der Waals surface area (Å²) in [6.45, 7) is 9.48. The molecule has 0 spiro atoms. The molecular formula is C48H35NO. The maximum Gasteiger partial charge on any atom is 0.136 e. The molecule has 238 valence electrons. The summed E-state index contributed by atoms with van der Waals surface area (Å²) in [6, 6.07) is 51.8. The predicted octanol–water partition coefficient (Wildman–Crippen LogP) is 13.4. The third-order valence-corrected chi connectivity index (χ3v) is 12.0. The van der Waals surface area contributed by atoms with Gasteiger partial charge in [0.15, 0.2) is 0 Å². The predicted molar refractivity (Wildman–Crippen MR) is 210 cm³/mol. The van der Waals surface area contributed by atoms with Crippen molar-refractivity contribution < 1.29 is 4.42 Å². The number of benzene rings is 8. The van der Waals surface area contributed by atoms with Crippen molar-refractivity contribution in [2.45, 2.75) is 38.5 Å². The van der Waals surface area contributed by atoms with Crippen LogP contribution >= 0.6 is 0 Å². The molecule has 0 bridgehead atoms. The second-order valence-electron chi connectivity index (χ2n) is 15.3. The minimum absolute atomic E-state index is 0.115. The van der Waals surface area contributed by atoms with Crippen molar-refractivity contribution in [3.8, 4) is 22.3 Å². The summed E-state index contributed by atoms with van der Waals surface area (Å²) in [5, 5.41) is 7.34. The highest BCUT2D eigenvalue weighted by atomic mass is 16.3. The molecule has 0 aliphatic heterocycles. The van der Waals surface area contributed by atoms with E-state index in [1.807, 2.05) is 0 Å². The van der Waals surface area contributed by atoms with Crippen LogP contribution < -0.4 is 4.90 Å². The Labute approximate surface area is 291 Å². The Kier molecular flexibility index (Phi) is 5.28. The van der Waals surface area contributed by atoms with E-state index in [1.54, 1.807) is 0 Å². The number of nitrogens with zero attached hydrogens (tertiary/aromatic N) is 1. The summed E-state index contributed by atoms with van der Waals surface area (Å²) in [5.41, 5.74) is 15.9. The van der Waals surface area contributed by atoms with Gasteiger partial charge in [0.25, 0.3) is 0 Å². The molecule has 0 atom stereocenters. The van der Waals surface area contributed by atoms with Crippen LogP contribution in [-0.4, -0.2) is 0 Å². The van der Waals surface area contributed by atoms with Gasteiger partial charge in [0.2, 0.25) is 0 Å². The van der Waals surface area contributed by atoms with E-state index in [9.17, 15) is 0 Å². The lowest BCUT2D eigenvalue weighted by Gasteiger charge is -2.31. The minimum atomic E-state index is -0.124. The van der Waals surface area contributed by atoms with E-state index in [2.05, 4.69) is 172 Å². The van der Waals surface area contributed by atoms with Crippen molar-refractivity contribution in [1.29, 1.82) is 0 Å². The van der Waals surface area contributed by atoms with Gasteiger partial charge in [-0.15, -0.1) is 0 Å². The fourth-order valence-electron chi connectivity index (χ4n) is 9.68. The van der Waals surface area contributed by atoms with Crippen molar-refractivity contribution in [1.82, 2.24) is 0 Å². The number of anilines is 3. The van der Waals surface area contributed by atoms with Gasteiger partial charge in [0, 0.05) is 38.2 Å². The quantitative estimate of drug-likeness (QED) is 0.179. The van der Waals surface area contributed by atoms with E-state index in [-0.39, 0.29) is 10.8 Å². The van der Waals surface area contributed by atoms with Gasteiger partial charge >= 0.3 is 0 Å². The van der Waals surface area contributed by atoms with E-state index in [0.717, 1.165) is 22.5 Å². The summed E-state index contributed by atoms with van der Waals surface area (Å²) >= 11 is 0. The summed E-state index contributed by atoms with van der Waals surface area (Å²) in [5.74, 6) is 0. The zero-order valence-corrected chi connectivity index (χ0v) is 28.6. The molecule has 0 amide bonds. The van der Waals surface area contributed by atoms with Crippen LogP contribution in [0.2, 0.25) is 0 Å². The molecule has 0 unspecified atom stereocenters. The largest absolute Gasteiger partial charge is 0.456 e. The molecule has 0 saturated heterocycles. The molecule has 2 aliphatic rings. The van der Waals surface area contributed by atoms with Crippen LogP contribution in [-0.2, 0) is 10.8 Å². The molecule has 2 nitrogen and oxygen atoms in total. The standard InChI is InChI=1S/C48H35NO/c1-47(2)36-19-10-8-16-34(36)43-37(47)20-12-21-39(43)49(28-23-24-31-30-14-7-9-18-35(30)48(3,4)38(31)27-28)40-25-26-42-46-44(40)32-15-6-5-13-29(32)33-17-11-22-41(50-42)45(33)46/h5-27H,1-4H3. The summed E-state index contributed by atoms with van der Waals surface area (Å²) in [7, 11) is 0. The Morgan fingerprint density at radius 1 is 0.420 bits per heavy atom. The molecule has 11 rings (SSSR count). The fourth-order valence-corrected chi connectivity index (χ4v) is 9.68. The van der Waals surface area contributed by atoms with Crippen molar-refractivity contribution in [3.05, 3.63) is 162 Å². The van der Waals surface area contributed by atoms with Crippen molar-refractivity contribution in [3.63, 3.8) is 0 Å².